The predicted molar refractivity (Wildman–Crippen MR) is 137 cm³/mol. The lowest BCUT2D eigenvalue weighted by Gasteiger charge is -2.41. The average Bonchev–Trinajstić information content (AvgIpc) is 2.92. The van der Waals surface area contributed by atoms with Gasteiger partial charge in [0.2, 0.25) is 6.29 Å². The number of aliphatic hydroxyl groups is 1. The van der Waals surface area contributed by atoms with Gasteiger partial charge in [-0.05, 0) is 82.3 Å². The van der Waals surface area contributed by atoms with Gasteiger partial charge in [-0.1, -0.05) is 24.5 Å². The molecule has 6 heteroatoms. The molecule has 6 nitrogen and oxygen atoms in total. The minimum atomic E-state index is -0.529. The molecule has 4 rings (SSSR count). The highest BCUT2D eigenvalue weighted by atomic mass is 16.7. The molecule has 0 aromatic heterocycles. The highest BCUT2D eigenvalue weighted by molar-refractivity contribution is 5.92. The standard InChI is InChI=1S/C29H40N2O4/c1-3-22-10-12-23(13-11-22)26-21-27(35-29(34-4-2)25(26)9-8-20-32)28(33)31-18-14-24(15-19-31)30-16-6-5-7-17-30/h1,10-13,21,24-26,29,32H,4-9,14-20H2,2H3/t25-,26-,29-/m0/s1. The summed E-state index contributed by atoms with van der Waals surface area (Å²) in [6.07, 6.45) is 14.3. The van der Waals surface area contributed by atoms with Gasteiger partial charge >= 0.3 is 0 Å². The fourth-order valence-corrected chi connectivity index (χ4v) is 5.81. The molecule has 3 atom stereocenters. The monoisotopic (exact) mass is 480 g/mol. The van der Waals surface area contributed by atoms with Gasteiger partial charge in [-0.15, -0.1) is 6.42 Å². The smallest absolute Gasteiger partial charge is 0.288 e. The van der Waals surface area contributed by atoms with Gasteiger partial charge in [0.05, 0.1) is 0 Å². The number of piperidine rings is 2. The third-order valence-corrected chi connectivity index (χ3v) is 7.74. The zero-order chi connectivity index (χ0) is 24.6. The van der Waals surface area contributed by atoms with Crippen molar-refractivity contribution in [3.05, 3.63) is 47.2 Å². The van der Waals surface area contributed by atoms with Gasteiger partial charge < -0.3 is 24.4 Å². The molecule has 1 aromatic carbocycles. The SMILES string of the molecule is C#Cc1ccc([C@@H]2C=C(C(=O)N3CCC(N4CCCCC4)CC3)O[C@H](OCC)[C@H]2CCCO)cc1. The van der Waals surface area contributed by atoms with E-state index >= 15 is 0 Å². The Morgan fingerprint density at radius 1 is 1.14 bits per heavy atom. The summed E-state index contributed by atoms with van der Waals surface area (Å²) in [5.41, 5.74) is 1.90. The summed E-state index contributed by atoms with van der Waals surface area (Å²) >= 11 is 0. The van der Waals surface area contributed by atoms with Crippen molar-refractivity contribution in [3.8, 4) is 12.3 Å². The Bertz CT molecular complexity index is 892. The predicted octanol–water partition coefficient (Wildman–Crippen LogP) is 3.89. The van der Waals surface area contributed by atoms with Gasteiger partial charge in [0.25, 0.3) is 5.91 Å². The van der Waals surface area contributed by atoms with E-state index in [-0.39, 0.29) is 24.3 Å². The highest BCUT2D eigenvalue weighted by Gasteiger charge is 2.39. The van der Waals surface area contributed by atoms with E-state index in [1.54, 1.807) is 0 Å². The van der Waals surface area contributed by atoms with E-state index in [2.05, 4.69) is 10.8 Å². The molecule has 1 aromatic rings. The fourth-order valence-electron chi connectivity index (χ4n) is 5.81. The number of hydrogen-bond donors (Lipinski definition) is 1. The zero-order valence-electron chi connectivity index (χ0n) is 21.0. The van der Waals surface area contributed by atoms with Gasteiger partial charge in [-0.2, -0.15) is 0 Å². The lowest BCUT2D eigenvalue weighted by Crippen LogP contribution is -2.49. The van der Waals surface area contributed by atoms with Crippen molar-refractivity contribution in [1.29, 1.82) is 0 Å². The van der Waals surface area contributed by atoms with Crippen LogP contribution in [0.3, 0.4) is 0 Å². The summed E-state index contributed by atoms with van der Waals surface area (Å²) in [4.78, 5) is 18.1. The lowest BCUT2D eigenvalue weighted by molar-refractivity contribution is -0.171. The molecular formula is C29H40N2O4. The molecule has 0 saturated carbocycles. The average molecular weight is 481 g/mol. The minimum absolute atomic E-state index is 0.000161. The summed E-state index contributed by atoms with van der Waals surface area (Å²) in [5, 5.41) is 9.48. The number of ether oxygens (including phenoxy) is 2. The number of likely N-dealkylation sites (tertiary alicyclic amines) is 2. The van der Waals surface area contributed by atoms with E-state index in [0.29, 0.717) is 24.8 Å². The largest absolute Gasteiger partial charge is 0.459 e. The fraction of sp³-hybridized carbons (Fsp3) is 0.621. The second-order valence-corrected chi connectivity index (χ2v) is 9.91. The molecule has 0 radical (unpaired) electrons. The molecule has 2 saturated heterocycles. The number of aliphatic hydroxyl groups excluding tert-OH is 1. The van der Waals surface area contributed by atoms with Gasteiger partial charge in [-0.25, -0.2) is 0 Å². The Kier molecular flexibility index (Phi) is 9.25. The maximum Gasteiger partial charge on any atom is 0.288 e. The van der Waals surface area contributed by atoms with Gasteiger partial charge in [0.15, 0.2) is 5.76 Å². The van der Waals surface area contributed by atoms with Crippen LogP contribution in [0, 0.1) is 18.3 Å². The van der Waals surface area contributed by atoms with Gasteiger partial charge in [0, 0.05) is 49.7 Å². The Hall–Kier alpha value is -2.33. The summed E-state index contributed by atoms with van der Waals surface area (Å²) < 4.78 is 12.2. The van der Waals surface area contributed by atoms with Crippen LogP contribution in [-0.4, -0.2) is 72.5 Å². The van der Waals surface area contributed by atoms with Crippen LogP contribution in [0.15, 0.2) is 36.1 Å². The van der Waals surface area contributed by atoms with Crippen LogP contribution in [0.2, 0.25) is 0 Å². The summed E-state index contributed by atoms with van der Waals surface area (Å²) in [6, 6.07) is 8.52. The quantitative estimate of drug-likeness (QED) is 0.572. The van der Waals surface area contributed by atoms with Crippen LogP contribution in [-0.2, 0) is 14.3 Å². The molecule has 0 aliphatic carbocycles. The first-order chi connectivity index (χ1) is 17.1. The van der Waals surface area contributed by atoms with Crippen molar-refractivity contribution in [1.82, 2.24) is 9.80 Å². The molecule has 0 spiro atoms. The third-order valence-electron chi connectivity index (χ3n) is 7.74. The molecule has 1 amide bonds. The number of allylic oxidation sites excluding steroid dienone is 1. The van der Waals surface area contributed by atoms with E-state index in [9.17, 15) is 9.90 Å². The third kappa shape index (κ3) is 6.27. The first-order valence-electron chi connectivity index (χ1n) is 13.4. The van der Waals surface area contributed by atoms with Crippen LogP contribution >= 0.6 is 0 Å². The molecule has 3 aliphatic rings. The molecule has 3 heterocycles. The number of carbonyl (C=O) groups excluding carboxylic acids is 1. The maximum absolute atomic E-state index is 13.6. The number of amides is 1. The Morgan fingerprint density at radius 3 is 2.49 bits per heavy atom. The molecule has 35 heavy (non-hydrogen) atoms. The van der Waals surface area contributed by atoms with Crippen LogP contribution < -0.4 is 0 Å². The molecule has 0 bridgehead atoms. The van der Waals surface area contributed by atoms with Gasteiger partial charge in [0.1, 0.15) is 0 Å². The van der Waals surface area contributed by atoms with E-state index in [4.69, 9.17) is 15.9 Å². The molecule has 3 aliphatic heterocycles. The van der Waals surface area contributed by atoms with E-state index in [0.717, 1.165) is 43.5 Å². The number of terminal acetylenes is 1. The van der Waals surface area contributed by atoms with Crippen LogP contribution in [0.5, 0.6) is 0 Å². The van der Waals surface area contributed by atoms with E-state index in [1.807, 2.05) is 42.2 Å². The molecular weight excluding hydrogens is 440 g/mol. The molecule has 1 N–H and O–H groups in total. The van der Waals surface area contributed by atoms with Crippen LogP contribution in [0.25, 0.3) is 0 Å². The Morgan fingerprint density at radius 2 is 1.86 bits per heavy atom. The second kappa shape index (κ2) is 12.6. The van der Waals surface area contributed by atoms with Gasteiger partial charge in [-0.3, -0.25) is 4.79 Å². The van der Waals surface area contributed by atoms with E-state index in [1.165, 1.54) is 32.4 Å². The highest BCUT2D eigenvalue weighted by Crippen LogP contribution is 2.40. The minimum Gasteiger partial charge on any atom is -0.459 e. The molecule has 2 fully saturated rings. The Balaban J connectivity index is 1.52. The number of hydrogen-bond acceptors (Lipinski definition) is 5. The van der Waals surface area contributed by atoms with Crippen LogP contribution in [0.4, 0.5) is 0 Å². The summed E-state index contributed by atoms with van der Waals surface area (Å²) in [7, 11) is 0. The Labute approximate surface area is 210 Å². The van der Waals surface area contributed by atoms with Crippen molar-refractivity contribution in [2.45, 2.75) is 70.1 Å². The van der Waals surface area contributed by atoms with Crippen molar-refractivity contribution < 1.29 is 19.4 Å². The van der Waals surface area contributed by atoms with Crippen LogP contribution in [0.1, 0.15) is 68.9 Å². The molecule has 0 unspecified atom stereocenters. The lowest BCUT2D eigenvalue weighted by atomic mass is 9.80. The number of carbonyl (C=O) groups is 1. The normalized spacial score (nSPS) is 26.0. The number of nitrogens with zero attached hydrogens (tertiary/aromatic N) is 2. The maximum atomic E-state index is 13.6. The number of rotatable bonds is 8. The van der Waals surface area contributed by atoms with Crippen molar-refractivity contribution in [3.63, 3.8) is 0 Å². The summed E-state index contributed by atoms with van der Waals surface area (Å²) in [6.45, 7) is 6.45. The topological polar surface area (TPSA) is 62.2 Å². The van der Waals surface area contributed by atoms with Crippen molar-refractivity contribution in [2.24, 2.45) is 5.92 Å². The van der Waals surface area contributed by atoms with Crippen molar-refractivity contribution in [2.75, 3.05) is 39.4 Å². The first-order valence-corrected chi connectivity index (χ1v) is 13.4. The van der Waals surface area contributed by atoms with Crippen molar-refractivity contribution >= 4 is 5.91 Å². The zero-order valence-corrected chi connectivity index (χ0v) is 21.0. The first kappa shape index (κ1) is 25.8. The second-order valence-electron chi connectivity index (χ2n) is 9.91. The summed E-state index contributed by atoms with van der Waals surface area (Å²) in [5.74, 6) is 2.95. The van der Waals surface area contributed by atoms with E-state index < -0.39 is 6.29 Å². The molecule has 190 valence electrons. The number of benzene rings is 1.